The van der Waals surface area contributed by atoms with Gasteiger partial charge in [-0.1, -0.05) is 28.0 Å². The molecule has 2 N–H and O–H groups in total. The summed E-state index contributed by atoms with van der Waals surface area (Å²) >= 11 is 3.40. The molecule has 0 saturated carbocycles. The van der Waals surface area contributed by atoms with Crippen LogP contribution in [0, 0.1) is 0 Å². The lowest BCUT2D eigenvalue weighted by Crippen LogP contribution is -2.03. The molecule has 0 radical (unpaired) electrons. The van der Waals surface area contributed by atoms with E-state index in [9.17, 15) is 0 Å². The van der Waals surface area contributed by atoms with Gasteiger partial charge in [-0.15, -0.1) is 0 Å². The number of rotatable bonds is 6. The number of nitrogens with zero attached hydrogens (tertiary/aromatic N) is 2. The van der Waals surface area contributed by atoms with Crippen molar-refractivity contribution in [2.24, 2.45) is 5.73 Å². The minimum Gasteiger partial charge on any atom is -0.485 e. The van der Waals surface area contributed by atoms with Crippen LogP contribution < -0.4 is 10.5 Å². The molecule has 0 atom stereocenters. The van der Waals surface area contributed by atoms with Crippen molar-refractivity contribution in [2.75, 3.05) is 0 Å². The Labute approximate surface area is 120 Å². The summed E-state index contributed by atoms with van der Waals surface area (Å²) in [5, 5.41) is 3.87. The van der Waals surface area contributed by atoms with Crippen LogP contribution >= 0.6 is 15.9 Å². The zero-order chi connectivity index (χ0) is 13.7. The summed E-state index contributed by atoms with van der Waals surface area (Å²) in [5.41, 5.74) is 6.62. The van der Waals surface area contributed by atoms with Gasteiger partial charge in [0.2, 0.25) is 11.7 Å². The molecule has 6 heteroatoms. The van der Waals surface area contributed by atoms with Gasteiger partial charge in [-0.25, -0.2) is 0 Å². The largest absolute Gasteiger partial charge is 0.485 e. The van der Waals surface area contributed by atoms with Crippen LogP contribution in [-0.2, 0) is 19.6 Å². The summed E-state index contributed by atoms with van der Waals surface area (Å²) in [5.74, 6) is 1.94. The van der Waals surface area contributed by atoms with E-state index in [4.69, 9.17) is 15.0 Å². The Hall–Kier alpha value is -1.40. The fourth-order valence-corrected chi connectivity index (χ4v) is 2.06. The summed E-state index contributed by atoms with van der Waals surface area (Å²) in [6.45, 7) is 2.76. The molecular weight excluding hydrogens is 310 g/mol. The molecule has 0 aliphatic carbocycles. The smallest absolute Gasteiger partial charge is 0.226 e. The van der Waals surface area contributed by atoms with E-state index < -0.39 is 0 Å². The van der Waals surface area contributed by atoms with Crippen LogP contribution in [0.1, 0.15) is 30.6 Å². The van der Waals surface area contributed by atoms with Crippen LogP contribution in [0.3, 0.4) is 0 Å². The number of hydrogen-bond acceptors (Lipinski definition) is 5. The van der Waals surface area contributed by atoms with Gasteiger partial charge < -0.3 is 15.0 Å². The van der Waals surface area contributed by atoms with Crippen molar-refractivity contribution in [1.82, 2.24) is 10.1 Å². The molecule has 1 aromatic heterocycles. The number of nitrogens with two attached hydrogens (primary N) is 1. The number of ether oxygens (including phenoxy) is 1. The number of benzene rings is 1. The van der Waals surface area contributed by atoms with Crippen LogP contribution in [0.25, 0.3) is 0 Å². The number of aryl methyl sites for hydroxylation is 1. The second-order valence-corrected chi connectivity index (χ2v) is 5.01. The number of halogens is 1. The monoisotopic (exact) mass is 325 g/mol. The Morgan fingerprint density at radius 1 is 1.42 bits per heavy atom. The molecule has 0 spiro atoms. The van der Waals surface area contributed by atoms with Crippen LogP contribution in [-0.4, -0.2) is 10.1 Å². The highest BCUT2D eigenvalue weighted by Gasteiger charge is 2.08. The van der Waals surface area contributed by atoms with E-state index in [0.29, 0.717) is 18.3 Å². The Morgan fingerprint density at radius 3 is 3.00 bits per heavy atom. The number of hydrogen-bond donors (Lipinski definition) is 1. The molecule has 1 aromatic carbocycles. The molecule has 0 aliphatic rings. The molecule has 1 heterocycles. The zero-order valence-electron chi connectivity index (χ0n) is 10.7. The Kier molecular flexibility index (Phi) is 4.93. The third-order valence-corrected chi connectivity index (χ3v) is 3.07. The van der Waals surface area contributed by atoms with Crippen LogP contribution in [0.5, 0.6) is 5.75 Å². The first-order valence-electron chi connectivity index (χ1n) is 6.15. The van der Waals surface area contributed by atoms with E-state index in [1.54, 1.807) is 0 Å². The first-order chi connectivity index (χ1) is 9.22. The maximum Gasteiger partial charge on any atom is 0.226 e. The third-order valence-electron chi connectivity index (χ3n) is 2.57. The van der Waals surface area contributed by atoms with Gasteiger partial charge in [-0.05, 0) is 24.6 Å². The zero-order valence-corrected chi connectivity index (χ0v) is 12.3. The van der Waals surface area contributed by atoms with Gasteiger partial charge in [0, 0.05) is 23.0 Å². The molecular formula is C13H16BrN3O2. The highest BCUT2D eigenvalue weighted by molar-refractivity contribution is 9.10. The summed E-state index contributed by atoms with van der Waals surface area (Å²) in [4.78, 5) is 4.24. The second-order valence-electron chi connectivity index (χ2n) is 4.10. The van der Waals surface area contributed by atoms with Gasteiger partial charge in [0.05, 0.1) is 0 Å². The minimum atomic E-state index is 0.280. The Balaban J connectivity index is 2.01. The predicted octanol–water partition coefficient (Wildman–Crippen LogP) is 2.82. The van der Waals surface area contributed by atoms with Crippen molar-refractivity contribution in [3.63, 3.8) is 0 Å². The van der Waals surface area contributed by atoms with E-state index in [-0.39, 0.29) is 6.61 Å². The van der Waals surface area contributed by atoms with Gasteiger partial charge in [-0.3, -0.25) is 0 Å². The summed E-state index contributed by atoms with van der Waals surface area (Å²) in [7, 11) is 0. The lowest BCUT2D eigenvalue weighted by molar-refractivity contribution is 0.282. The fraction of sp³-hybridized carbons (Fsp3) is 0.385. The van der Waals surface area contributed by atoms with Gasteiger partial charge in [0.25, 0.3) is 0 Å². The van der Waals surface area contributed by atoms with Gasteiger partial charge in [0.15, 0.2) is 6.61 Å². The second kappa shape index (κ2) is 6.68. The molecule has 0 amide bonds. The summed E-state index contributed by atoms with van der Waals surface area (Å²) in [6, 6.07) is 5.72. The average Bonchev–Trinajstić information content (AvgIpc) is 2.85. The van der Waals surface area contributed by atoms with Crippen molar-refractivity contribution < 1.29 is 9.26 Å². The molecule has 0 bridgehead atoms. The van der Waals surface area contributed by atoms with E-state index in [2.05, 4.69) is 33.0 Å². The first-order valence-corrected chi connectivity index (χ1v) is 6.95. The highest BCUT2D eigenvalue weighted by Crippen LogP contribution is 2.23. The van der Waals surface area contributed by atoms with Crippen molar-refractivity contribution in [1.29, 1.82) is 0 Å². The van der Waals surface area contributed by atoms with Crippen molar-refractivity contribution >= 4 is 15.9 Å². The lowest BCUT2D eigenvalue weighted by atomic mass is 10.2. The normalized spacial score (nSPS) is 10.7. The fourth-order valence-electron chi connectivity index (χ4n) is 1.65. The molecule has 0 fully saturated rings. The quantitative estimate of drug-likeness (QED) is 0.883. The van der Waals surface area contributed by atoms with E-state index in [1.807, 2.05) is 18.2 Å². The molecule has 5 nitrogen and oxygen atoms in total. The standard InChI is InChI=1S/C13H16BrN3O2/c1-2-3-13-16-12(17-19-13)8-18-11-5-4-10(14)6-9(11)7-15/h4-6H,2-3,7-8,15H2,1H3. The van der Waals surface area contributed by atoms with E-state index in [0.717, 1.165) is 28.6 Å². The van der Waals surface area contributed by atoms with Gasteiger partial charge in [0.1, 0.15) is 5.75 Å². The van der Waals surface area contributed by atoms with Crippen LogP contribution in [0.15, 0.2) is 27.2 Å². The maximum atomic E-state index is 5.68. The number of aromatic nitrogens is 2. The van der Waals surface area contributed by atoms with Gasteiger partial charge in [-0.2, -0.15) is 4.98 Å². The molecule has 0 saturated heterocycles. The van der Waals surface area contributed by atoms with E-state index >= 15 is 0 Å². The molecule has 2 rings (SSSR count). The molecule has 0 aliphatic heterocycles. The predicted molar refractivity (Wildman–Crippen MR) is 74.7 cm³/mol. The minimum absolute atomic E-state index is 0.280. The Bertz CT molecular complexity index is 542. The SMILES string of the molecule is CCCc1nc(COc2ccc(Br)cc2CN)no1. The van der Waals surface area contributed by atoms with Gasteiger partial charge >= 0.3 is 0 Å². The highest BCUT2D eigenvalue weighted by atomic mass is 79.9. The van der Waals surface area contributed by atoms with Crippen molar-refractivity contribution in [2.45, 2.75) is 32.9 Å². The third kappa shape index (κ3) is 3.78. The van der Waals surface area contributed by atoms with Crippen molar-refractivity contribution in [3.8, 4) is 5.75 Å². The molecule has 0 unspecified atom stereocenters. The van der Waals surface area contributed by atoms with Crippen LogP contribution in [0.4, 0.5) is 0 Å². The lowest BCUT2D eigenvalue weighted by Gasteiger charge is -2.08. The summed E-state index contributed by atoms with van der Waals surface area (Å²) in [6.07, 6.45) is 1.77. The topological polar surface area (TPSA) is 74.2 Å². The van der Waals surface area contributed by atoms with Crippen molar-refractivity contribution in [3.05, 3.63) is 40.0 Å². The molecule has 102 valence electrons. The average molecular weight is 326 g/mol. The van der Waals surface area contributed by atoms with Crippen LogP contribution in [0.2, 0.25) is 0 Å². The molecule has 2 aromatic rings. The summed E-state index contributed by atoms with van der Waals surface area (Å²) < 4.78 is 11.7. The first kappa shape index (κ1) is 14.0. The van der Waals surface area contributed by atoms with E-state index in [1.165, 1.54) is 0 Å². The molecule has 19 heavy (non-hydrogen) atoms. The maximum absolute atomic E-state index is 5.68. The Morgan fingerprint density at radius 2 is 2.26 bits per heavy atom.